The number of benzene rings is 1. The Balaban J connectivity index is 1.88. The van der Waals surface area contributed by atoms with Gasteiger partial charge < -0.3 is 4.74 Å². The number of rotatable bonds is 9. The number of esters is 1. The van der Waals surface area contributed by atoms with Crippen LogP contribution in [0.1, 0.15) is 64.0 Å². The van der Waals surface area contributed by atoms with Gasteiger partial charge >= 0.3 is 5.97 Å². The highest BCUT2D eigenvalue weighted by molar-refractivity contribution is 5.71. The van der Waals surface area contributed by atoms with Crippen molar-refractivity contribution < 1.29 is 9.53 Å². The van der Waals surface area contributed by atoms with Crippen LogP contribution in [0, 0.1) is 18.3 Å². The molecular formula is C26H36O2. The molecule has 1 aromatic carbocycles. The zero-order valence-corrected chi connectivity index (χ0v) is 18.0. The van der Waals surface area contributed by atoms with E-state index >= 15 is 0 Å². The van der Waals surface area contributed by atoms with Gasteiger partial charge in [0.05, 0.1) is 6.42 Å². The lowest BCUT2D eigenvalue weighted by atomic mass is 9.79. The average molecular weight is 381 g/mol. The van der Waals surface area contributed by atoms with Crippen molar-refractivity contribution in [1.82, 2.24) is 0 Å². The number of cyclic esters (lactones) is 1. The molecule has 0 bridgehead atoms. The number of hydrogen-bond donors (Lipinski definition) is 0. The summed E-state index contributed by atoms with van der Waals surface area (Å²) in [4.78, 5) is 12.1. The van der Waals surface area contributed by atoms with Crippen molar-refractivity contribution in [3.05, 3.63) is 71.8 Å². The predicted octanol–water partition coefficient (Wildman–Crippen LogP) is 6.74. The quantitative estimate of drug-likeness (QED) is 0.350. The first kappa shape index (κ1) is 22.2. The zero-order chi connectivity index (χ0) is 20.6. The standard InChI is InChI=1S/C26H36O2/c1-6-8-9-22(7-2)23-18-24(28-25(27)19-23)15-17-26(4,5)16-14-21-12-10-20(3)11-13-21/h6-13,23-24H,1,14-19H2,2-5H3/b9-8-,22-7+/t23?,24-/m0/s1. The van der Waals surface area contributed by atoms with E-state index in [0.717, 1.165) is 32.1 Å². The van der Waals surface area contributed by atoms with E-state index in [1.54, 1.807) is 6.08 Å². The summed E-state index contributed by atoms with van der Waals surface area (Å²) in [6.45, 7) is 12.5. The number of allylic oxidation sites excluding steroid dienone is 5. The fraction of sp³-hybridized carbons (Fsp3) is 0.500. The maximum Gasteiger partial charge on any atom is 0.306 e. The largest absolute Gasteiger partial charge is 0.462 e. The SMILES string of the molecule is C=C/C=C\C(=C/C)C1CC(=O)O[C@@H](CCC(C)(C)CCc2ccc(C)cc2)C1. The summed E-state index contributed by atoms with van der Waals surface area (Å²) in [5.74, 6) is 0.188. The van der Waals surface area contributed by atoms with E-state index in [2.05, 4.69) is 63.8 Å². The summed E-state index contributed by atoms with van der Waals surface area (Å²) in [5, 5.41) is 0. The van der Waals surface area contributed by atoms with Crippen LogP contribution in [0.2, 0.25) is 0 Å². The fourth-order valence-corrected chi connectivity index (χ4v) is 3.88. The minimum absolute atomic E-state index is 0.0250. The van der Waals surface area contributed by atoms with Gasteiger partial charge in [-0.15, -0.1) is 0 Å². The smallest absolute Gasteiger partial charge is 0.306 e. The van der Waals surface area contributed by atoms with Crippen LogP contribution in [0.5, 0.6) is 0 Å². The van der Waals surface area contributed by atoms with Crippen molar-refractivity contribution in [2.45, 2.75) is 72.3 Å². The Hall–Kier alpha value is -2.09. The second-order valence-electron chi connectivity index (χ2n) is 8.82. The zero-order valence-electron chi connectivity index (χ0n) is 18.0. The molecule has 0 aliphatic carbocycles. The van der Waals surface area contributed by atoms with Gasteiger partial charge in [0.25, 0.3) is 0 Å². The van der Waals surface area contributed by atoms with Crippen LogP contribution in [-0.4, -0.2) is 12.1 Å². The van der Waals surface area contributed by atoms with Gasteiger partial charge in [-0.2, -0.15) is 0 Å². The molecular weight excluding hydrogens is 344 g/mol. The van der Waals surface area contributed by atoms with Crippen LogP contribution >= 0.6 is 0 Å². The lowest BCUT2D eigenvalue weighted by Gasteiger charge is -2.32. The number of carbonyl (C=O) groups is 1. The van der Waals surface area contributed by atoms with Crippen LogP contribution in [0.25, 0.3) is 0 Å². The monoisotopic (exact) mass is 380 g/mol. The highest BCUT2D eigenvalue weighted by atomic mass is 16.5. The van der Waals surface area contributed by atoms with Crippen molar-refractivity contribution in [2.24, 2.45) is 11.3 Å². The molecule has 2 heteroatoms. The lowest BCUT2D eigenvalue weighted by Crippen LogP contribution is -2.31. The molecule has 1 saturated heterocycles. The second kappa shape index (κ2) is 10.5. The Kier molecular flexibility index (Phi) is 8.29. The third kappa shape index (κ3) is 7.14. The Labute approximate surface area is 171 Å². The molecule has 1 aliphatic rings. The molecule has 0 saturated carbocycles. The van der Waals surface area contributed by atoms with E-state index in [1.807, 2.05) is 13.0 Å². The van der Waals surface area contributed by atoms with Crippen LogP contribution in [-0.2, 0) is 16.0 Å². The Morgan fingerprint density at radius 1 is 1.25 bits per heavy atom. The third-order valence-electron chi connectivity index (χ3n) is 5.84. The predicted molar refractivity (Wildman–Crippen MR) is 118 cm³/mol. The van der Waals surface area contributed by atoms with Gasteiger partial charge in [0, 0.05) is 0 Å². The Morgan fingerprint density at radius 2 is 1.96 bits per heavy atom. The molecule has 0 amide bonds. The topological polar surface area (TPSA) is 26.3 Å². The molecule has 0 radical (unpaired) electrons. The lowest BCUT2D eigenvalue weighted by molar-refractivity contribution is -0.156. The second-order valence-corrected chi connectivity index (χ2v) is 8.82. The van der Waals surface area contributed by atoms with E-state index < -0.39 is 0 Å². The number of hydrogen-bond acceptors (Lipinski definition) is 2. The number of carbonyl (C=O) groups excluding carboxylic acids is 1. The van der Waals surface area contributed by atoms with Gasteiger partial charge in [0.1, 0.15) is 6.10 Å². The van der Waals surface area contributed by atoms with Crippen LogP contribution in [0.4, 0.5) is 0 Å². The van der Waals surface area contributed by atoms with E-state index in [1.165, 1.54) is 16.7 Å². The van der Waals surface area contributed by atoms with Crippen LogP contribution in [0.3, 0.4) is 0 Å². The van der Waals surface area contributed by atoms with Gasteiger partial charge in [-0.1, -0.05) is 74.6 Å². The van der Waals surface area contributed by atoms with Gasteiger partial charge in [-0.05, 0) is 68.4 Å². The third-order valence-corrected chi connectivity index (χ3v) is 5.84. The van der Waals surface area contributed by atoms with Crippen molar-refractivity contribution in [3.8, 4) is 0 Å². The Bertz CT molecular complexity index is 706. The fourth-order valence-electron chi connectivity index (χ4n) is 3.88. The molecule has 0 spiro atoms. The maximum absolute atomic E-state index is 12.1. The molecule has 152 valence electrons. The van der Waals surface area contributed by atoms with Gasteiger partial charge in [-0.25, -0.2) is 0 Å². The van der Waals surface area contributed by atoms with Crippen LogP contribution in [0.15, 0.2) is 60.7 Å². The van der Waals surface area contributed by atoms with E-state index in [9.17, 15) is 4.79 Å². The number of aryl methyl sites for hydroxylation is 2. The molecule has 0 N–H and O–H groups in total. The van der Waals surface area contributed by atoms with Gasteiger partial charge in [0.15, 0.2) is 0 Å². The molecule has 1 aliphatic heterocycles. The minimum atomic E-state index is -0.0648. The van der Waals surface area contributed by atoms with Crippen molar-refractivity contribution >= 4 is 5.97 Å². The van der Waals surface area contributed by atoms with E-state index in [-0.39, 0.29) is 23.4 Å². The van der Waals surface area contributed by atoms with Gasteiger partial charge in [0.2, 0.25) is 0 Å². The van der Waals surface area contributed by atoms with Crippen LogP contribution < -0.4 is 0 Å². The highest BCUT2D eigenvalue weighted by Crippen LogP contribution is 2.34. The molecule has 0 aromatic heterocycles. The summed E-state index contributed by atoms with van der Waals surface area (Å²) in [6.07, 6.45) is 13.6. The highest BCUT2D eigenvalue weighted by Gasteiger charge is 2.31. The normalized spacial score (nSPS) is 21.0. The molecule has 1 heterocycles. The number of ether oxygens (including phenoxy) is 1. The Morgan fingerprint density at radius 3 is 2.61 bits per heavy atom. The summed E-state index contributed by atoms with van der Waals surface area (Å²) in [6, 6.07) is 8.83. The van der Waals surface area contributed by atoms with Crippen molar-refractivity contribution in [1.29, 1.82) is 0 Å². The molecule has 2 atom stereocenters. The van der Waals surface area contributed by atoms with Crippen molar-refractivity contribution in [3.63, 3.8) is 0 Å². The van der Waals surface area contributed by atoms with E-state index in [4.69, 9.17) is 4.74 Å². The van der Waals surface area contributed by atoms with Crippen molar-refractivity contribution in [2.75, 3.05) is 0 Å². The average Bonchev–Trinajstić information content (AvgIpc) is 2.66. The summed E-state index contributed by atoms with van der Waals surface area (Å²) >= 11 is 0. The van der Waals surface area contributed by atoms with Gasteiger partial charge in [-0.3, -0.25) is 4.79 Å². The minimum Gasteiger partial charge on any atom is -0.462 e. The molecule has 1 fully saturated rings. The first-order valence-corrected chi connectivity index (χ1v) is 10.5. The van der Waals surface area contributed by atoms with E-state index in [0.29, 0.717) is 6.42 Å². The summed E-state index contributed by atoms with van der Waals surface area (Å²) in [7, 11) is 0. The summed E-state index contributed by atoms with van der Waals surface area (Å²) in [5.41, 5.74) is 4.14. The molecule has 2 rings (SSSR count). The molecule has 2 nitrogen and oxygen atoms in total. The summed E-state index contributed by atoms with van der Waals surface area (Å²) < 4.78 is 5.68. The molecule has 1 aromatic rings. The first-order valence-electron chi connectivity index (χ1n) is 10.5. The molecule has 28 heavy (non-hydrogen) atoms. The molecule has 1 unspecified atom stereocenters. The first-order chi connectivity index (χ1) is 13.3. The maximum atomic E-state index is 12.1.